The molecule has 0 radical (unpaired) electrons. The number of amides is 1. The number of nitrogens with zero attached hydrogens (tertiary/aromatic N) is 2. The van der Waals surface area contributed by atoms with Crippen LogP contribution in [-0.2, 0) is 16.0 Å². The van der Waals surface area contributed by atoms with Gasteiger partial charge in [-0.15, -0.1) is 0 Å². The number of ether oxygens (including phenoxy) is 2. The number of carbonyl (C=O) groups excluding carboxylic acids is 2. The molecule has 192 valence electrons. The molecule has 2 N–H and O–H groups in total. The second-order valence-corrected chi connectivity index (χ2v) is 10.6. The van der Waals surface area contributed by atoms with Crippen LogP contribution in [0.5, 0.6) is 17.2 Å². The van der Waals surface area contributed by atoms with E-state index in [2.05, 4.69) is 4.98 Å². The van der Waals surface area contributed by atoms with Crippen molar-refractivity contribution in [3.05, 3.63) is 81.9 Å². The summed E-state index contributed by atoms with van der Waals surface area (Å²) in [5.41, 5.74) is 2.28. The average molecular weight is 549 g/mol. The molecule has 2 aliphatic rings. The zero-order valence-corrected chi connectivity index (χ0v) is 21.8. The van der Waals surface area contributed by atoms with Crippen molar-refractivity contribution in [1.29, 1.82) is 0 Å². The smallest absolute Gasteiger partial charge is 0.301 e. The summed E-state index contributed by atoms with van der Waals surface area (Å²) in [5.74, 6) is -1.20. The van der Waals surface area contributed by atoms with Crippen LogP contribution in [0, 0.1) is 0 Å². The van der Waals surface area contributed by atoms with Gasteiger partial charge in [-0.05, 0) is 66.6 Å². The van der Waals surface area contributed by atoms with Crippen molar-refractivity contribution in [2.75, 3.05) is 12.0 Å². The van der Waals surface area contributed by atoms with Crippen molar-refractivity contribution in [2.45, 2.75) is 25.5 Å². The summed E-state index contributed by atoms with van der Waals surface area (Å²) in [7, 11) is 1.40. The fourth-order valence-corrected chi connectivity index (χ4v) is 6.19. The molecule has 1 amide bonds. The number of Topliss-reactive ketones (excluding diaryl/α,β-unsaturated/α-hetero) is 1. The third kappa shape index (κ3) is 3.86. The maximum absolute atomic E-state index is 13.5. The number of anilines is 1. The number of methoxy groups -OCH3 is 1. The summed E-state index contributed by atoms with van der Waals surface area (Å²) in [6.45, 7) is 1.95. The first-order chi connectivity index (χ1) is 18.2. The van der Waals surface area contributed by atoms with E-state index < -0.39 is 17.7 Å². The second-order valence-electron chi connectivity index (χ2n) is 9.16. The van der Waals surface area contributed by atoms with Gasteiger partial charge in [0.1, 0.15) is 17.6 Å². The fourth-order valence-electron chi connectivity index (χ4n) is 4.92. The molecule has 3 heterocycles. The monoisotopic (exact) mass is 548 g/mol. The molecule has 8 nitrogen and oxygen atoms in total. The Morgan fingerprint density at radius 1 is 1.16 bits per heavy atom. The highest BCUT2D eigenvalue weighted by atomic mass is 35.5. The lowest BCUT2D eigenvalue weighted by Gasteiger charge is -2.23. The van der Waals surface area contributed by atoms with Gasteiger partial charge in [0.05, 0.1) is 28.9 Å². The van der Waals surface area contributed by atoms with Crippen LogP contribution in [0.25, 0.3) is 16.0 Å². The Hall–Kier alpha value is -4.08. The van der Waals surface area contributed by atoms with Crippen molar-refractivity contribution >= 4 is 55.7 Å². The van der Waals surface area contributed by atoms with Gasteiger partial charge >= 0.3 is 5.91 Å². The van der Waals surface area contributed by atoms with Crippen LogP contribution in [0.2, 0.25) is 5.02 Å². The number of aromatic nitrogens is 1. The van der Waals surface area contributed by atoms with Crippen LogP contribution in [0.4, 0.5) is 5.13 Å². The van der Waals surface area contributed by atoms with Gasteiger partial charge in [-0.1, -0.05) is 29.0 Å². The van der Waals surface area contributed by atoms with Gasteiger partial charge in [0.15, 0.2) is 16.6 Å². The topological polar surface area (TPSA) is 109 Å². The highest BCUT2D eigenvalue weighted by Crippen LogP contribution is 2.46. The van der Waals surface area contributed by atoms with Crippen molar-refractivity contribution in [3.8, 4) is 17.2 Å². The van der Waals surface area contributed by atoms with E-state index in [1.807, 2.05) is 6.92 Å². The number of thiazole rings is 1. The minimum Gasteiger partial charge on any atom is -0.507 e. The van der Waals surface area contributed by atoms with E-state index >= 15 is 0 Å². The van der Waals surface area contributed by atoms with Gasteiger partial charge in [0.2, 0.25) is 0 Å². The average Bonchev–Trinajstić information content (AvgIpc) is 3.56. The first kappa shape index (κ1) is 24.3. The molecule has 2 atom stereocenters. The summed E-state index contributed by atoms with van der Waals surface area (Å²) < 4.78 is 11.8. The number of rotatable bonds is 4. The Balaban J connectivity index is 1.55. The molecule has 1 saturated heterocycles. The van der Waals surface area contributed by atoms with Crippen LogP contribution in [0.15, 0.2) is 60.2 Å². The van der Waals surface area contributed by atoms with Crippen molar-refractivity contribution in [3.63, 3.8) is 0 Å². The number of benzene rings is 3. The summed E-state index contributed by atoms with van der Waals surface area (Å²) >= 11 is 7.36. The summed E-state index contributed by atoms with van der Waals surface area (Å²) in [6.07, 6.45) is 0.669. The second kappa shape index (κ2) is 9.04. The van der Waals surface area contributed by atoms with Gasteiger partial charge in [0.25, 0.3) is 5.78 Å². The van der Waals surface area contributed by atoms with Gasteiger partial charge in [-0.3, -0.25) is 14.5 Å². The Kier molecular flexibility index (Phi) is 5.77. The number of aliphatic hydroxyl groups excluding tert-OH is 1. The standard InChI is InChI=1S/C28H21ClN2O6S/c1-13-9-16-10-15(4-8-20(16)37-13)25(33)23-24(14-3-7-19(32)21(11-14)36-2)31(27(35)26(23)34)28-30-18-6-5-17(29)12-22(18)38-28/h3-8,10-13,24,32-33H,9H2,1-2H3/b25-23+/t13-,24-/m1/s1. The SMILES string of the molecule is COc1cc([C@@H]2/C(=C(\O)c3ccc4c(c3)C[C@@H](C)O4)C(=O)C(=O)N2c2nc3ccc(Cl)cc3s2)ccc1O. The van der Waals surface area contributed by atoms with E-state index in [0.29, 0.717) is 28.1 Å². The quantitative estimate of drug-likeness (QED) is 0.194. The van der Waals surface area contributed by atoms with E-state index in [9.17, 15) is 19.8 Å². The maximum atomic E-state index is 13.5. The van der Waals surface area contributed by atoms with Crippen LogP contribution < -0.4 is 14.4 Å². The zero-order valence-electron chi connectivity index (χ0n) is 20.3. The number of carbonyl (C=O) groups is 2. The van der Waals surface area contributed by atoms with Crippen molar-refractivity contribution in [2.24, 2.45) is 0 Å². The number of halogens is 1. The normalized spacial score (nSPS) is 20.1. The van der Waals surface area contributed by atoms with Crippen molar-refractivity contribution < 1.29 is 29.3 Å². The third-order valence-electron chi connectivity index (χ3n) is 6.68. The maximum Gasteiger partial charge on any atom is 0.301 e. The first-order valence-corrected chi connectivity index (χ1v) is 13.0. The van der Waals surface area contributed by atoms with Gasteiger partial charge in [0, 0.05) is 17.0 Å². The molecule has 0 aliphatic carbocycles. The van der Waals surface area contributed by atoms with E-state index in [0.717, 1.165) is 16.0 Å². The Morgan fingerprint density at radius 2 is 1.97 bits per heavy atom. The summed E-state index contributed by atoms with van der Waals surface area (Å²) in [4.78, 5) is 32.9. The fraction of sp³-hybridized carbons (Fsp3) is 0.179. The molecule has 6 rings (SSSR count). The predicted molar refractivity (Wildman–Crippen MR) is 144 cm³/mol. The molecule has 0 bridgehead atoms. The molecular weight excluding hydrogens is 528 g/mol. The number of ketones is 1. The molecule has 38 heavy (non-hydrogen) atoms. The van der Waals surface area contributed by atoms with E-state index in [1.165, 1.54) is 35.5 Å². The number of aromatic hydroxyl groups is 1. The Labute approximate surface area is 226 Å². The van der Waals surface area contributed by atoms with Crippen LogP contribution in [-0.4, -0.2) is 40.1 Å². The molecule has 10 heteroatoms. The predicted octanol–water partition coefficient (Wildman–Crippen LogP) is 5.61. The molecule has 4 aromatic rings. The molecule has 2 aliphatic heterocycles. The lowest BCUT2D eigenvalue weighted by Crippen LogP contribution is -2.29. The molecule has 0 spiro atoms. The number of phenolic OH excluding ortho intramolecular Hbond substituents is 1. The van der Waals surface area contributed by atoms with Crippen LogP contribution in [0.1, 0.15) is 29.7 Å². The molecule has 0 saturated carbocycles. The number of hydrogen-bond acceptors (Lipinski definition) is 8. The van der Waals surface area contributed by atoms with E-state index in [4.69, 9.17) is 21.1 Å². The van der Waals surface area contributed by atoms with Crippen LogP contribution in [0.3, 0.4) is 0 Å². The highest BCUT2D eigenvalue weighted by Gasteiger charge is 2.48. The van der Waals surface area contributed by atoms with E-state index in [1.54, 1.807) is 42.5 Å². The molecule has 1 fully saturated rings. The zero-order chi connectivity index (χ0) is 26.7. The van der Waals surface area contributed by atoms with Crippen LogP contribution >= 0.6 is 22.9 Å². The lowest BCUT2D eigenvalue weighted by atomic mass is 9.94. The molecule has 3 aromatic carbocycles. The summed E-state index contributed by atoms with van der Waals surface area (Å²) in [5, 5.41) is 22.5. The molecular formula is C28H21ClN2O6S. The molecule has 1 aromatic heterocycles. The molecule has 0 unspecified atom stereocenters. The number of fused-ring (bicyclic) bond motifs is 2. The van der Waals surface area contributed by atoms with Crippen molar-refractivity contribution in [1.82, 2.24) is 4.98 Å². The highest BCUT2D eigenvalue weighted by molar-refractivity contribution is 7.22. The lowest BCUT2D eigenvalue weighted by molar-refractivity contribution is -0.132. The third-order valence-corrected chi connectivity index (χ3v) is 7.93. The van der Waals surface area contributed by atoms with Gasteiger partial charge in [-0.2, -0.15) is 0 Å². The minimum absolute atomic E-state index is 0.00461. The number of phenols is 1. The first-order valence-electron chi connectivity index (χ1n) is 11.8. The number of hydrogen-bond donors (Lipinski definition) is 2. The number of aliphatic hydroxyl groups is 1. The van der Waals surface area contributed by atoms with E-state index in [-0.39, 0.29) is 34.1 Å². The minimum atomic E-state index is -1.02. The Bertz CT molecular complexity index is 1680. The van der Waals surface area contributed by atoms with Gasteiger partial charge < -0.3 is 19.7 Å². The largest absolute Gasteiger partial charge is 0.507 e. The Morgan fingerprint density at radius 3 is 2.76 bits per heavy atom. The summed E-state index contributed by atoms with van der Waals surface area (Å²) in [6, 6.07) is 13.9. The van der Waals surface area contributed by atoms with Gasteiger partial charge in [-0.25, -0.2) is 4.98 Å².